The van der Waals surface area contributed by atoms with Crippen LogP contribution < -0.4 is 9.62 Å². The van der Waals surface area contributed by atoms with Crippen molar-refractivity contribution >= 4 is 33.2 Å². The van der Waals surface area contributed by atoms with Gasteiger partial charge in [0.15, 0.2) is 0 Å². The predicted molar refractivity (Wildman–Crippen MR) is 106 cm³/mol. The van der Waals surface area contributed by atoms with Gasteiger partial charge >= 0.3 is 0 Å². The van der Waals surface area contributed by atoms with E-state index in [1.165, 1.54) is 0 Å². The zero-order valence-corrected chi connectivity index (χ0v) is 16.4. The topological polar surface area (TPSA) is 66.5 Å². The molecule has 0 aliphatic rings. The second-order valence-electron chi connectivity index (χ2n) is 6.06. The molecule has 2 aromatic rings. The van der Waals surface area contributed by atoms with Crippen LogP contribution in [0.4, 0.5) is 5.69 Å². The zero-order chi connectivity index (χ0) is 19.2. The van der Waals surface area contributed by atoms with Crippen LogP contribution in [0, 0.1) is 0 Å². The molecule has 1 N–H and O–H groups in total. The van der Waals surface area contributed by atoms with Gasteiger partial charge in [0.2, 0.25) is 15.9 Å². The lowest BCUT2D eigenvalue weighted by atomic mass is 10.1. The number of amides is 1. The molecule has 140 valence electrons. The Balaban J connectivity index is 1.96. The molecule has 26 heavy (non-hydrogen) atoms. The highest BCUT2D eigenvalue weighted by Crippen LogP contribution is 2.20. The molecule has 0 aliphatic heterocycles. The summed E-state index contributed by atoms with van der Waals surface area (Å²) < 4.78 is 25.5. The molecule has 5 nitrogen and oxygen atoms in total. The Morgan fingerprint density at radius 2 is 1.73 bits per heavy atom. The highest BCUT2D eigenvalue weighted by Gasteiger charge is 2.28. The van der Waals surface area contributed by atoms with Gasteiger partial charge in [-0.1, -0.05) is 48.0 Å². The van der Waals surface area contributed by atoms with Gasteiger partial charge in [-0.2, -0.15) is 0 Å². The number of para-hydroxylation sites is 1. The number of rotatable bonds is 8. The molecule has 1 amide bonds. The quantitative estimate of drug-likeness (QED) is 0.699. The highest BCUT2D eigenvalue weighted by molar-refractivity contribution is 7.92. The normalized spacial score (nSPS) is 12.4. The fourth-order valence-electron chi connectivity index (χ4n) is 2.72. The van der Waals surface area contributed by atoms with Gasteiger partial charge < -0.3 is 5.32 Å². The number of hydrogen-bond donors (Lipinski definition) is 1. The van der Waals surface area contributed by atoms with Crippen molar-refractivity contribution in [1.82, 2.24) is 5.32 Å². The first-order valence-electron chi connectivity index (χ1n) is 8.36. The van der Waals surface area contributed by atoms with Gasteiger partial charge in [-0.15, -0.1) is 0 Å². The molecular weight excluding hydrogens is 372 g/mol. The van der Waals surface area contributed by atoms with Gasteiger partial charge in [0, 0.05) is 11.6 Å². The molecule has 0 saturated carbocycles. The molecule has 2 aromatic carbocycles. The fraction of sp³-hybridized carbons (Fsp3) is 0.316. The summed E-state index contributed by atoms with van der Waals surface area (Å²) in [7, 11) is -3.59. The number of halogens is 1. The third kappa shape index (κ3) is 5.47. The van der Waals surface area contributed by atoms with Gasteiger partial charge in [-0.05, 0) is 43.5 Å². The number of anilines is 1. The number of benzene rings is 2. The zero-order valence-electron chi connectivity index (χ0n) is 14.9. The van der Waals surface area contributed by atoms with E-state index in [4.69, 9.17) is 11.6 Å². The van der Waals surface area contributed by atoms with Gasteiger partial charge in [-0.3, -0.25) is 9.10 Å². The average Bonchev–Trinajstić information content (AvgIpc) is 2.59. The van der Waals surface area contributed by atoms with E-state index in [1.807, 2.05) is 24.3 Å². The van der Waals surface area contributed by atoms with Crippen molar-refractivity contribution in [2.75, 3.05) is 17.1 Å². The Hall–Kier alpha value is -2.05. The van der Waals surface area contributed by atoms with Crippen molar-refractivity contribution in [2.45, 2.75) is 25.8 Å². The molecule has 1 unspecified atom stereocenters. The van der Waals surface area contributed by atoms with Gasteiger partial charge in [0.05, 0.1) is 11.9 Å². The molecule has 0 radical (unpaired) electrons. The summed E-state index contributed by atoms with van der Waals surface area (Å²) in [6, 6.07) is 15.4. The van der Waals surface area contributed by atoms with Crippen LogP contribution in [-0.2, 0) is 21.2 Å². The Morgan fingerprint density at radius 1 is 1.12 bits per heavy atom. The van der Waals surface area contributed by atoms with Gasteiger partial charge in [0.1, 0.15) is 6.04 Å². The lowest BCUT2D eigenvalue weighted by Gasteiger charge is -2.28. The molecule has 0 aromatic heterocycles. The standard InChI is InChI=1S/C19H23ClN2O3S/c1-15(22(26(2,24)25)17-11-4-3-5-12-17)19(23)21-14-8-10-16-9-6-7-13-18(16)20/h3-7,9,11-13,15H,8,10,14H2,1-2H3,(H,21,23). The summed E-state index contributed by atoms with van der Waals surface area (Å²) >= 11 is 6.12. The van der Waals surface area contributed by atoms with Crippen LogP contribution in [0.1, 0.15) is 18.9 Å². The molecule has 7 heteroatoms. The maximum absolute atomic E-state index is 12.4. The molecule has 0 saturated heterocycles. The molecule has 0 spiro atoms. The second-order valence-corrected chi connectivity index (χ2v) is 8.32. The Morgan fingerprint density at radius 3 is 2.35 bits per heavy atom. The van der Waals surface area contributed by atoms with Crippen LogP contribution in [0.2, 0.25) is 5.02 Å². The van der Waals surface area contributed by atoms with E-state index < -0.39 is 16.1 Å². The Bertz CT molecular complexity index is 841. The summed E-state index contributed by atoms with van der Waals surface area (Å²) in [6.07, 6.45) is 2.55. The number of nitrogens with zero attached hydrogens (tertiary/aromatic N) is 1. The van der Waals surface area contributed by atoms with Crippen molar-refractivity contribution in [1.29, 1.82) is 0 Å². The van der Waals surface area contributed by atoms with Gasteiger partial charge in [-0.25, -0.2) is 8.42 Å². The summed E-state index contributed by atoms with van der Waals surface area (Å²) in [4.78, 5) is 12.4. The number of carbonyl (C=O) groups is 1. The van der Waals surface area contributed by atoms with Crippen molar-refractivity contribution in [3.05, 3.63) is 65.2 Å². The monoisotopic (exact) mass is 394 g/mol. The predicted octanol–water partition coefficient (Wildman–Crippen LogP) is 3.24. The summed E-state index contributed by atoms with van der Waals surface area (Å²) in [5.41, 5.74) is 1.49. The molecular formula is C19H23ClN2O3S. The first-order chi connectivity index (χ1) is 12.3. The van der Waals surface area contributed by atoms with E-state index >= 15 is 0 Å². The first kappa shape index (κ1) is 20.3. The fourth-order valence-corrected chi connectivity index (χ4v) is 4.13. The van der Waals surface area contributed by atoms with Crippen LogP contribution in [0.5, 0.6) is 0 Å². The lowest BCUT2D eigenvalue weighted by molar-refractivity contribution is -0.121. The minimum atomic E-state index is -3.59. The van der Waals surface area contributed by atoms with Crippen LogP contribution >= 0.6 is 11.6 Å². The first-order valence-corrected chi connectivity index (χ1v) is 10.6. The summed E-state index contributed by atoms with van der Waals surface area (Å²) in [5.74, 6) is -0.335. The average molecular weight is 395 g/mol. The lowest BCUT2D eigenvalue weighted by Crippen LogP contribution is -2.48. The van der Waals surface area contributed by atoms with Crippen LogP contribution in [0.25, 0.3) is 0 Å². The maximum Gasteiger partial charge on any atom is 0.243 e. The van der Waals surface area contributed by atoms with E-state index in [1.54, 1.807) is 37.3 Å². The van der Waals surface area contributed by atoms with Crippen molar-refractivity contribution in [3.8, 4) is 0 Å². The summed E-state index contributed by atoms with van der Waals surface area (Å²) in [5, 5.41) is 3.51. The Labute approximate surface area is 160 Å². The number of sulfonamides is 1. The second kappa shape index (κ2) is 9.05. The molecule has 0 heterocycles. The molecule has 0 fully saturated rings. The number of nitrogens with one attached hydrogen (secondary N) is 1. The minimum Gasteiger partial charge on any atom is -0.354 e. The smallest absolute Gasteiger partial charge is 0.243 e. The van der Waals surface area contributed by atoms with E-state index in [2.05, 4.69) is 5.32 Å². The molecule has 1 atom stereocenters. The third-order valence-corrected chi connectivity index (χ3v) is 5.59. The van der Waals surface area contributed by atoms with Crippen molar-refractivity contribution in [3.63, 3.8) is 0 Å². The van der Waals surface area contributed by atoms with E-state index in [-0.39, 0.29) is 5.91 Å². The van der Waals surface area contributed by atoms with Crippen molar-refractivity contribution < 1.29 is 13.2 Å². The summed E-state index contributed by atoms with van der Waals surface area (Å²) in [6.45, 7) is 2.03. The maximum atomic E-state index is 12.4. The van der Waals surface area contributed by atoms with Gasteiger partial charge in [0.25, 0.3) is 0 Å². The van der Waals surface area contributed by atoms with Crippen molar-refractivity contribution in [2.24, 2.45) is 0 Å². The largest absolute Gasteiger partial charge is 0.354 e. The van der Waals surface area contributed by atoms with E-state index in [9.17, 15) is 13.2 Å². The van der Waals surface area contributed by atoms with Crippen LogP contribution in [0.15, 0.2) is 54.6 Å². The SMILES string of the molecule is CC(C(=O)NCCCc1ccccc1Cl)N(c1ccccc1)S(C)(=O)=O. The minimum absolute atomic E-state index is 0.335. The highest BCUT2D eigenvalue weighted by atomic mass is 35.5. The third-order valence-electron chi connectivity index (χ3n) is 3.98. The van der Waals surface area contributed by atoms with Crippen LogP contribution in [0.3, 0.4) is 0 Å². The van der Waals surface area contributed by atoms with E-state index in [0.717, 1.165) is 22.5 Å². The van der Waals surface area contributed by atoms with E-state index in [0.29, 0.717) is 23.7 Å². The number of hydrogen-bond acceptors (Lipinski definition) is 3. The number of carbonyl (C=O) groups excluding carboxylic acids is 1. The molecule has 0 aliphatic carbocycles. The Kier molecular flexibility index (Phi) is 7.06. The molecule has 0 bridgehead atoms. The van der Waals surface area contributed by atoms with Crippen LogP contribution in [-0.4, -0.2) is 33.2 Å². The number of aryl methyl sites for hydroxylation is 1. The molecule has 2 rings (SSSR count).